The Kier molecular flexibility index (Phi) is 10.5. The number of para-hydroxylation sites is 1. The van der Waals surface area contributed by atoms with Crippen molar-refractivity contribution in [3.05, 3.63) is 272 Å². The van der Waals surface area contributed by atoms with E-state index in [1.165, 1.54) is 71.8 Å². The fraction of sp³-hybridized carbons (Fsp3) is 0.0323. The maximum Gasteiger partial charge on any atom is 0.0572 e. The largest absolute Gasteiger partial charge is 0.334 e. The molecule has 0 saturated heterocycles. The smallest absolute Gasteiger partial charge is 0.0572 e. The molecule has 10 aromatic rings. The second-order valence-corrected chi connectivity index (χ2v) is 16.5. The number of hydrogen-bond donors (Lipinski definition) is 0. The van der Waals surface area contributed by atoms with Crippen molar-refractivity contribution >= 4 is 61.1 Å². The number of nitrogens with zero attached hydrogens (tertiary/aromatic N) is 2. The Labute approximate surface area is 376 Å². The van der Waals surface area contributed by atoms with Gasteiger partial charge in [0.1, 0.15) is 0 Å². The Balaban J connectivity index is 0.972. The van der Waals surface area contributed by atoms with Crippen molar-refractivity contribution in [1.82, 2.24) is 0 Å². The van der Waals surface area contributed by atoms with Gasteiger partial charge in [0, 0.05) is 33.5 Å². The van der Waals surface area contributed by atoms with Gasteiger partial charge in [0.25, 0.3) is 0 Å². The van der Waals surface area contributed by atoms with Crippen molar-refractivity contribution in [3.8, 4) is 22.3 Å². The van der Waals surface area contributed by atoms with Crippen molar-refractivity contribution in [2.24, 2.45) is 0 Å². The maximum absolute atomic E-state index is 2.55. The topological polar surface area (TPSA) is 6.48 Å². The number of rotatable bonds is 10. The average Bonchev–Trinajstić information content (AvgIpc) is 3.38. The lowest BCUT2D eigenvalue weighted by Gasteiger charge is -2.36. The third-order valence-electron chi connectivity index (χ3n) is 12.6. The highest BCUT2D eigenvalue weighted by Gasteiger charge is 2.26. The monoisotopic (exact) mass is 818 g/mol. The highest BCUT2D eigenvalue weighted by molar-refractivity contribution is 6.06. The van der Waals surface area contributed by atoms with Crippen LogP contribution in [0.15, 0.2) is 261 Å². The molecule has 11 rings (SSSR count). The van der Waals surface area contributed by atoms with Crippen molar-refractivity contribution in [2.45, 2.75) is 12.5 Å². The van der Waals surface area contributed by atoms with E-state index in [4.69, 9.17) is 0 Å². The van der Waals surface area contributed by atoms with Crippen LogP contribution in [-0.4, -0.2) is 6.04 Å². The molecule has 0 spiro atoms. The molecule has 0 bridgehead atoms. The first-order chi connectivity index (χ1) is 31.7. The van der Waals surface area contributed by atoms with Gasteiger partial charge in [-0.15, -0.1) is 0 Å². The summed E-state index contributed by atoms with van der Waals surface area (Å²) in [6.45, 7) is 0. The molecule has 0 saturated carbocycles. The molecular formula is C62H46N2. The molecule has 0 aromatic heterocycles. The van der Waals surface area contributed by atoms with Crippen LogP contribution in [0.3, 0.4) is 0 Å². The van der Waals surface area contributed by atoms with E-state index in [0.29, 0.717) is 0 Å². The minimum Gasteiger partial charge on any atom is -0.334 e. The minimum absolute atomic E-state index is 0.0631. The molecule has 0 amide bonds. The first-order valence-corrected chi connectivity index (χ1v) is 22.2. The summed E-state index contributed by atoms with van der Waals surface area (Å²) in [4.78, 5) is 4.94. The first-order valence-electron chi connectivity index (χ1n) is 22.2. The summed E-state index contributed by atoms with van der Waals surface area (Å²) in [5.41, 5.74) is 15.6. The van der Waals surface area contributed by atoms with Gasteiger partial charge in [0.15, 0.2) is 0 Å². The fourth-order valence-corrected chi connectivity index (χ4v) is 9.51. The second kappa shape index (κ2) is 17.3. The predicted molar refractivity (Wildman–Crippen MR) is 273 cm³/mol. The predicted octanol–water partition coefficient (Wildman–Crippen LogP) is 16.9. The van der Waals surface area contributed by atoms with Crippen LogP contribution < -0.4 is 9.80 Å². The molecule has 0 fully saturated rings. The lowest BCUT2D eigenvalue weighted by molar-refractivity contribution is 0.800. The number of anilines is 5. The zero-order valence-electron chi connectivity index (χ0n) is 35.5. The quantitative estimate of drug-likeness (QED) is 0.136. The van der Waals surface area contributed by atoms with Crippen molar-refractivity contribution < 1.29 is 0 Å². The van der Waals surface area contributed by atoms with Gasteiger partial charge in [-0.1, -0.05) is 212 Å². The number of benzene rings is 10. The van der Waals surface area contributed by atoms with E-state index in [0.717, 1.165) is 29.2 Å². The number of hydrogen-bond acceptors (Lipinski definition) is 2. The zero-order chi connectivity index (χ0) is 42.7. The van der Waals surface area contributed by atoms with E-state index in [1.54, 1.807) is 0 Å². The van der Waals surface area contributed by atoms with E-state index in [-0.39, 0.29) is 6.04 Å². The normalized spacial score (nSPS) is 13.6. The molecule has 2 nitrogen and oxygen atoms in total. The van der Waals surface area contributed by atoms with E-state index in [1.807, 2.05) is 0 Å². The molecular weight excluding hydrogens is 773 g/mol. The van der Waals surface area contributed by atoms with Gasteiger partial charge >= 0.3 is 0 Å². The van der Waals surface area contributed by atoms with Gasteiger partial charge in [-0.3, -0.25) is 0 Å². The molecule has 10 aromatic carbocycles. The van der Waals surface area contributed by atoms with Gasteiger partial charge in [-0.25, -0.2) is 0 Å². The average molecular weight is 819 g/mol. The van der Waals surface area contributed by atoms with Crippen molar-refractivity contribution in [1.29, 1.82) is 0 Å². The van der Waals surface area contributed by atoms with Crippen LogP contribution in [0.2, 0.25) is 0 Å². The molecule has 0 N–H and O–H groups in total. The summed E-state index contributed by atoms with van der Waals surface area (Å²) in [7, 11) is 0. The van der Waals surface area contributed by atoms with Crippen molar-refractivity contribution in [3.63, 3.8) is 0 Å². The highest BCUT2D eigenvalue weighted by Crippen LogP contribution is 2.44. The van der Waals surface area contributed by atoms with E-state index in [9.17, 15) is 0 Å². The van der Waals surface area contributed by atoms with E-state index in [2.05, 4.69) is 271 Å². The molecule has 304 valence electrons. The Morgan fingerprint density at radius 3 is 1.52 bits per heavy atom. The van der Waals surface area contributed by atoms with Crippen LogP contribution in [0.1, 0.15) is 17.5 Å². The summed E-state index contributed by atoms with van der Waals surface area (Å²) >= 11 is 0. The van der Waals surface area contributed by atoms with E-state index < -0.39 is 0 Å². The van der Waals surface area contributed by atoms with Crippen LogP contribution in [0.25, 0.3) is 54.9 Å². The van der Waals surface area contributed by atoms with Crippen LogP contribution in [0.5, 0.6) is 0 Å². The third-order valence-corrected chi connectivity index (χ3v) is 12.6. The molecule has 1 aliphatic carbocycles. The lowest BCUT2D eigenvalue weighted by atomic mass is 9.87. The van der Waals surface area contributed by atoms with Gasteiger partial charge in [0.05, 0.1) is 11.7 Å². The standard InChI is InChI=1S/C62H46N2/c1-5-18-45(19-6-1)51-42-52(46-20-7-2-8-21-46)44-56(43-51)64(61-31-17-25-50-24-13-14-28-58(50)61)55-38-34-48(35-39-55)47-32-36-54(37-33-47)63(53-26-11-4-12-27-53)62-41-40-57(49-22-9-3-10-23-49)59-29-15-16-30-60(59)62/h1-43,56H,44H2. The van der Waals surface area contributed by atoms with E-state index >= 15 is 0 Å². The molecule has 1 aliphatic rings. The van der Waals surface area contributed by atoms with Gasteiger partial charge in [-0.2, -0.15) is 0 Å². The fourth-order valence-electron chi connectivity index (χ4n) is 9.51. The van der Waals surface area contributed by atoms with Crippen LogP contribution in [-0.2, 0) is 0 Å². The molecule has 1 atom stereocenters. The van der Waals surface area contributed by atoms with Gasteiger partial charge in [0.2, 0.25) is 0 Å². The molecule has 0 aliphatic heterocycles. The van der Waals surface area contributed by atoms with Gasteiger partial charge in [-0.05, 0) is 110 Å². The number of allylic oxidation sites excluding steroid dienone is 2. The zero-order valence-corrected chi connectivity index (χ0v) is 35.5. The SMILES string of the molecule is C1=C(c2ccccc2)C=C(c2ccccc2)CC1N(c1ccc(-c2ccc(N(c3ccccc3)c3ccc(-c4ccccc4)c4ccccc34)cc2)cc1)c1cccc2ccccc12. The van der Waals surface area contributed by atoms with Crippen molar-refractivity contribution in [2.75, 3.05) is 9.80 Å². The second-order valence-electron chi connectivity index (χ2n) is 16.5. The van der Waals surface area contributed by atoms with Crippen LogP contribution >= 0.6 is 0 Å². The summed E-state index contributed by atoms with van der Waals surface area (Å²) in [6.07, 6.45) is 5.72. The molecule has 2 heteroatoms. The number of fused-ring (bicyclic) bond motifs is 2. The minimum atomic E-state index is 0.0631. The van der Waals surface area contributed by atoms with Gasteiger partial charge < -0.3 is 9.80 Å². The Morgan fingerprint density at radius 2 is 0.844 bits per heavy atom. The Bertz CT molecular complexity index is 3260. The molecule has 1 unspecified atom stereocenters. The lowest BCUT2D eigenvalue weighted by Crippen LogP contribution is -2.31. The summed E-state index contributed by atoms with van der Waals surface area (Å²) in [6, 6.07) is 90.1. The molecule has 0 radical (unpaired) electrons. The summed E-state index contributed by atoms with van der Waals surface area (Å²) in [5.74, 6) is 0. The Morgan fingerprint density at radius 1 is 0.328 bits per heavy atom. The first kappa shape index (κ1) is 38.7. The maximum atomic E-state index is 2.55. The highest BCUT2D eigenvalue weighted by atomic mass is 15.2. The summed E-state index contributed by atoms with van der Waals surface area (Å²) < 4.78 is 0. The summed E-state index contributed by atoms with van der Waals surface area (Å²) in [5, 5.41) is 4.90. The van der Waals surface area contributed by atoms with Crippen LogP contribution in [0.4, 0.5) is 28.4 Å². The Hall–Kier alpha value is -8.20. The molecule has 0 heterocycles. The van der Waals surface area contributed by atoms with Crippen LogP contribution in [0, 0.1) is 0 Å². The third kappa shape index (κ3) is 7.57. The molecule has 64 heavy (non-hydrogen) atoms.